The third kappa shape index (κ3) is 2.83. The Bertz CT molecular complexity index is 812. The molecule has 1 aliphatic heterocycles. The first-order valence-corrected chi connectivity index (χ1v) is 8.84. The normalized spacial score (nSPS) is 23.3. The number of rotatable bonds is 3. The average Bonchev–Trinajstić information content (AvgIpc) is 2.70. The van der Waals surface area contributed by atoms with Crippen molar-refractivity contribution in [1.29, 1.82) is 0 Å². The Balaban J connectivity index is 1.93. The number of aromatic hydroxyl groups is 1. The van der Waals surface area contributed by atoms with E-state index in [0.29, 0.717) is 0 Å². The highest BCUT2D eigenvalue weighted by molar-refractivity contribution is 5.44. The van der Waals surface area contributed by atoms with Crippen LogP contribution in [0.5, 0.6) is 5.75 Å². The van der Waals surface area contributed by atoms with Crippen molar-refractivity contribution in [3.63, 3.8) is 0 Å². The molecule has 3 aromatic carbocycles. The van der Waals surface area contributed by atoms with E-state index in [4.69, 9.17) is 4.74 Å². The Morgan fingerprint density at radius 1 is 0.760 bits per heavy atom. The number of ether oxygens (including phenoxy) is 1. The van der Waals surface area contributed by atoms with Crippen LogP contribution >= 0.6 is 0 Å². The van der Waals surface area contributed by atoms with Crippen LogP contribution in [-0.4, -0.2) is 11.7 Å². The molecule has 3 aromatic rings. The maximum Gasteiger partial charge on any atom is 0.125 e. The molecule has 1 aliphatic rings. The SMILES string of the molecule is Oc1ccc(C2(c3ccccc3)OCCCC2c2ccccc2)cc1. The standard InChI is InChI=1S/C23H22O2/c24-21-15-13-20(14-16-21)23(19-10-5-2-6-11-19)22(12-7-17-25-23)18-8-3-1-4-9-18/h1-6,8-11,13-16,22,24H,7,12,17H2. The summed E-state index contributed by atoms with van der Waals surface area (Å²) in [6.07, 6.45) is 2.12. The maximum absolute atomic E-state index is 9.75. The van der Waals surface area contributed by atoms with Gasteiger partial charge in [0.1, 0.15) is 11.4 Å². The quantitative estimate of drug-likeness (QED) is 0.712. The van der Waals surface area contributed by atoms with Crippen LogP contribution in [-0.2, 0) is 10.3 Å². The van der Waals surface area contributed by atoms with E-state index in [9.17, 15) is 5.11 Å². The fraction of sp³-hybridized carbons (Fsp3) is 0.217. The third-order valence-corrected chi connectivity index (χ3v) is 5.16. The van der Waals surface area contributed by atoms with Crippen LogP contribution < -0.4 is 0 Å². The van der Waals surface area contributed by atoms with E-state index in [-0.39, 0.29) is 11.7 Å². The lowest BCUT2D eigenvalue weighted by atomic mass is 9.69. The fourth-order valence-electron chi connectivity index (χ4n) is 4.04. The molecule has 2 nitrogen and oxygen atoms in total. The highest BCUT2D eigenvalue weighted by Gasteiger charge is 2.45. The van der Waals surface area contributed by atoms with E-state index < -0.39 is 5.60 Å². The molecule has 0 aromatic heterocycles. The first kappa shape index (κ1) is 15.9. The number of benzene rings is 3. The first-order valence-electron chi connectivity index (χ1n) is 8.84. The summed E-state index contributed by atoms with van der Waals surface area (Å²) in [6.45, 7) is 0.735. The molecule has 4 rings (SSSR count). The molecule has 1 saturated heterocycles. The predicted molar refractivity (Wildman–Crippen MR) is 99.7 cm³/mol. The first-order chi connectivity index (χ1) is 12.3. The van der Waals surface area contributed by atoms with Crippen molar-refractivity contribution in [2.45, 2.75) is 24.4 Å². The van der Waals surface area contributed by atoms with Gasteiger partial charge in [0, 0.05) is 12.5 Å². The lowest BCUT2D eigenvalue weighted by Crippen LogP contribution is -2.41. The summed E-state index contributed by atoms with van der Waals surface area (Å²) in [5.41, 5.74) is 3.01. The van der Waals surface area contributed by atoms with E-state index in [1.54, 1.807) is 12.1 Å². The van der Waals surface area contributed by atoms with Gasteiger partial charge < -0.3 is 9.84 Å². The molecule has 0 bridgehead atoms. The van der Waals surface area contributed by atoms with Gasteiger partial charge in [-0.1, -0.05) is 72.8 Å². The second kappa shape index (κ2) is 6.73. The molecule has 0 saturated carbocycles. The highest BCUT2D eigenvalue weighted by Crippen LogP contribution is 2.50. The van der Waals surface area contributed by atoms with Crippen LogP contribution in [0.3, 0.4) is 0 Å². The smallest absolute Gasteiger partial charge is 0.125 e. The van der Waals surface area contributed by atoms with Gasteiger partial charge in [0.15, 0.2) is 0 Å². The Labute approximate surface area is 148 Å². The molecule has 0 amide bonds. The van der Waals surface area contributed by atoms with E-state index >= 15 is 0 Å². The van der Waals surface area contributed by atoms with E-state index in [1.165, 1.54) is 5.56 Å². The van der Waals surface area contributed by atoms with Gasteiger partial charge in [-0.15, -0.1) is 0 Å². The molecule has 2 atom stereocenters. The van der Waals surface area contributed by atoms with Crippen molar-refractivity contribution in [2.24, 2.45) is 0 Å². The molecule has 25 heavy (non-hydrogen) atoms. The summed E-state index contributed by atoms with van der Waals surface area (Å²) in [5, 5.41) is 9.75. The summed E-state index contributed by atoms with van der Waals surface area (Å²) >= 11 is 0. The average molecular weight is 330 g/mol. The number of hydrogen-bond donors (Lipinski definition) is 1. The fourth-order valence-corrected chi connectivity index (χ4v) is 4.04. The van der Waals surface area contributed by atoms with Gasteiger partial charge in [-0.05, 0) is 41.7 Å². The largest absolute Gasteiger partial charge is 0.508 e. The van der Waals surface area contributed by atoms with Gasteiger partial charge in [-0.2, -0.15) is 0 Å². The molecule has 0 aliphatic carbocycles. The Hall–Kier alpha value is -2.58. The van der Waals surface area contributed by atoms with Crippen molar-refractivity contribution in [3.8, 4) is 5.75 Å². The number of phenols is 1. The monoisotopic (exact) mass is 330 g/mol. The zero-order valence-electron chi connectivity index (χ0n) is 14.1. The van der Waals surface area contributed by atoms with E-state index in [0.717, 1.165) is 30.6 Å². The van der Waals surface area contributed by atoms with Gasteiger partial charge in [0.25, 0.3) is 0 Å². The minimum Gasteiger partial charge on any atom is -0.508 e. The van der Waals surface area contributed by atoms with Crippen molar-refractivity contribution >= 4 is 0 Å². The van der Waals surface area contributed by atoms with Crippen LogP contribution in [0.2, 0.25) is 0 Å². The zero-order chi connectivity index (χ0) is 17.1. The Morgan fingerprint density at radius 3 is 2.04 bits per heavy atom. The van der Waals surface area contributed by atoms with Crippen LogP contribution in [0, 0.1) is 0 Å². The van der Waals surface area contributed by atoms with Gasteiger partial charge in [-0.25, -0.2) is 0 Å². The van der Waals surface area contributed by atoms with Gasteiger partial charge in [-0.3, -0.25) is 0 Å². The van der Waals surface area contributed by atoms with Crippen molar-refractivity contribution in [2.75, 3.05) is 6.61 Å². The molecule has 0 spiro atoms. The van der Waals surface area contributed by atoms with Gasteiger partial charge >= 0.3 is 0 Å². The van der Waals surface area contributed by atoms with Gasteiger partial charge in [0.05, 0.1) is 0 Å². The topological polar surface area (TPSA) is 29.5 Å². The van der Waals surface area contributed by atoms with Crippen molar-refractivity contribution in [3.05, 3.63) is 102 Å². The highest BCUT2D eigenvalue weighted by atomic mass is 16.5. The molecule has 2 heteroatoms. The molecule has 1 fully saturated rings. The van der Waals surface area contributed by atoms with Crippen LogP contribution in [0.15, 0.2) is 84.9 Å². The second-order valence-electron chi connectivity index (χ2n) is 6.60. The minimum atomic E-state index is -0.533. The molecule has 126 valence electrons. The molecular formula is C23H22O2. The molecule has 1 heterocycles. The van der Waals surface area contributed by atoms with E-state index in [1.807, 2.05) is 18.2 Å². The summed E-state index contributed by atoms with van der Waals surface area (Å²) < 4.78 is 6.56. The third-order valence-electron chi connectivity index (χ3n) is 5.16. The van der Waals surface area contributed by atoms with Crippen LogP contribution in [0.4, 0.5) is 0 Å². The minimum absolute atomic E-state index is 0.231. The lowest BCUT2D eigenvalue weighted by Gasteiger charge is -2.45. The van der Waals surface area contributed by atoms with Crippen LogP contribution in [0.25, 0.3) is 0 Å². The van der Waals surface area contributed by atoms with Gasteiger partial charge in [0.2, 0.25) is 0 Å². The summed E-state index contributed by atoms with van der Waals surface area (Å²) in [7, 11) is 0. The summed E-state index contributed by atoms with van der Waals surface area (Å²) in [6, 6.07) is 28.6. The van der Waals surface area contributed by atoms with Crippen LogP contribution in [0.1, 0.15) is 35.4 Å². The summed E-state index contributed by atoms with van der Waals surface area (Å²) in [4.78, 5) is 0. The zero-order valence-corrected chi connectivity index (χ0v) is 14.1. The Kier molecular flexibility index (Phi) is 4.29. The predicted octanol–water partition coefficient (Wildman–Crippen LogP) is 5.23. The second-order valence-corrected chi connectivity index (χ2v) is 6.60. The molecule has 2 unspecified atom stereocenters. The Morgan fingerprint density at radius 2 is 1.36 bits per heavy atom. The van der Waals surface area contributed by atoms with E-state index in [2.05, 4.69) is 54.6 Å². The van der Waals surface area contributed by atoms with Crippen molar-refractivity contribution < 1.29 is 9.84 Å². The lowest BCUT2D eigenvalue weighted by molar-refractivity contribution is -0.0705. The molecule has 0 radical (unpaired) electrons. The number of hydrogen-bond acceptors (Lipinski definition) is 2. The maximum atomic E-state index is 9.75. The molecular weight excluding hydrogens is 308 g/mol. The van der Waals surface area contributed by atoms with Crippen molar-refractivity contribution in [1.82, 2.24) is 0 Å². The summed E-state index contributed by atoms with van der Waals surface area (Å²) in [5.74, 6) is 0.508. The molecule has 1 N–H and O–H groups in total. The number of phenolic OH excluding ortho intramolecular Hbond substituents is 1.